The Bertz CT molecular complexity index is 496. The lowest BCUT2D eigenvalue weighted by Gasteiger charge is -2.26. The molecule has 1 amide bonds. The minimum absolute atomic E-state index is 0.0152. The summed E-state index contributed by atoms with van der Waals surface area (Å²) >= 11 is 0. The van der Waals surface area contributed by atoms with Gasteiger partial charge in [0.05, 0.1) is 6.10 Å². The molecule has 0 saturated carbocycles. The van der Waals surface area contributed by atoms with Crippen LogP contribution in [-0.4, -0.2) is 66.8 Å². The second-order valence-corrected chi connectivity index (χ2v) is 5.60. The zero-order valence-electron chi connectivity index (χ0n) is 12.3. The first-order chi connectivity index (χ1) is 9.95. The summed E-state index contributed by atoms with van der Waals surface area (Å²) in [4.78, 5) is 15.8. The molecule has 0 aliphatic carbocycles. The van der Waals surface area contributed by atoms with Gasteiger partial charge in [0, 0.05) is 25.2 Å². The third-order valence-electron chi connectivity index (χ3n) is 3.45. The molecule has 1 aliphatic heterocycles. The summed E-state index contributed by atoms with van der Waals surface area (Å²) in [7, 11) is 3.85. The van der Waals surface area contributed by atoms with E-state index >= 15 is 0 Å². The van der Waals surface area contributed by atoms with Gasteiger partial charge in [-0.2, -0.15) is 0 Å². The summed E-state index contributed by atoms with van der Waals surface area (Å²) in [6.07, 6.45) is 0.0808. The maximum absolute atomic E-state index is 13.0. The van der Waals surface area contributed by atoms with Gasteiger partial charge in [0.15, 0.2) is 6.61 Å². The number of carbonyl (C=O) groups excluding carboxylic acids is 1. The molecule has 1 saturated heterocycles. The molecule has 1 aliphatic rings. The van der Waals surface area contributed by atoms with Crippen molar-refractivity contribution in [1.82, 2.24) is 9.80 Å². The van der Waals surface area contributed by atoms with Gasteiger partial charge >= 0.3 is 0 Å². The number of amides is 1. The predicted molar refractivity (Wildman–Crippen MR) is 76.6 cm³/mol. The molecule has 0 aromatic heterocycles. The van der Waals surface area contributed by atoms with Gasteiger partial charge < -0.3 is 19.6 Å². The maximum atomic E-state index is 13.0. The van der Waals surface area contributed by atoms with Crippen LogP contribution in [0.25, 0.3) is 0 Å². The number of hydrogen-bond donors (Lipinski definition) is 1. The molecule has 2 rings (SSSR count). The van der Waals surface area contributed by atoms with E-state index in [0.29, 0.717) is 25.3 Å². The van der Waals surface area contributed by atoms with Gasteiger partial charge in [-0.15, -0.1) is 0 Å². The zero-order valence-corrected chi connectivity index (χ0v) is 12.3. The number of rotatable bonds is 5. The van der Waals surface area contributed by atoms with Crippen molar-refractivity contribution in [2.24, 2.45) is 0 Å². The number of hydrogen-bond acceptors (Lipinski definition) is 4. The fraction of sp³-hybridized carbons (Fsp3) is 0.533. The van der Waals surface area contributed by atoms with Crippen molar-refractivity contribution in [2.75, 3.05) is 33.8 Å². The molecule has 1 N–H and O–H groups in total. The van der Waals surface area contributed by atoms with E-state index in [9.17, 15) is 14.3 Å². The highest BCUT2D eigenvalue weighted by Crippen LogP contribution is 2.19. The number of carbonyl (C=O) groups is 1. The summed E-state index contributed by atoms with van der Waals surface area (Å²) in [5, 5.41) is 9.75. The van der Waals surface area contributed by atoms with Crippen molar-refractivity contribution < 1.29 is 19.0 Å². The Kier molecular flexibility index (Phi) is 5.14. The summed E-state index contributed by atoms with van der Waals surface area (Å²) in [5.41, 5.74) is 0. The molecule has 1 aromatic rings. The second kappa shape index (κ2) is 6.87. The molecule has 1 fully saturated rings. The average Bonchev–Trinajstić information content (AvgIpc) is 2.76. The van der Waals surface area contributed by atoms with Crippen LogP contribution in [0.4, 0.5) is 4.39 Å². The maximum Gasteiger partial charge on any atom is 0.260 e. The Morgan fingerprint density at radius 2 is 2.29 bits per heavy atom. The van der Waals surface area contributed by atoms with Crippen LogP contribution in [0.3, 0.4) is 0 Å². The molecule has 5 nitrogen and oxygen atoms in total. The minimum Gasteiger partial charge on any atom is -0.484 e. The van der Waals surface area contributed by atoms with Crippen molar-refractivity contribution in [3.05, 3.63) is 30.1 Å². The number of aliphatic hydroxyl groups excluding tert-OH is 1. The lowest BCUT2D eigenvalue weighted by Crippen LogP contribution is -2.43. The summed E-state index contributed by atoms with van der Waals surface area (Å²) in [5.74, 6) is -0.267. The van der Waals surface area contributed by atoms with Crippen molar-refractivity contribution in [2.45, 2.75) is 18.6 Å². The van der Waals surface area contributed by atoms with Gasteiger partial charge in [0.25, 0.3) is 5.91 Å². The molecular weight excluding hydrogens is 275 g/mol. The highest BCUT2D eigenvalue weighted by Gasteiger charge is 2.34. The zero-order chi connectivity index (χ0) is 15.4. The van der Waals surface area contributed by atoms with Crippen molar-refractivity contribution in [1.29, 1.82) is 0 Å². The van der Waals surface area contributed by atoms with Crippen LogP contribution in [-0.2, 0) is 4.79 Å². The van der Waals surface area contributed by atoms with Crippen LogP contribution < -0.4 is 4.74 Å². The molecular formula is C15H21FN2O3. The Hall–Kier alpha value is -1.66. The fourth-order valence-corrected chi connectivity index (χ4v) is 2.58. The van der Waals surface area contributed by atoms with Crippen molar-refractivity contribution in [3.63, 3.8) is 0 Å². The minimum atomic E-state index is -0.493. The second-order valence-electron chi connectivity index (χ2n) is 5.60. The molecule has 116 valence electrons. The molecule has 2 atom stereocenters. The normalized spacial score (nSPS) is 21.9. The molecule has 1 heterocycles. The summed E-state index contributed by atoms with van der Waals surface area (Å²) < 4.78 is 18.4. The van der Waals surface area contributed by atoms with E-state index < -0.39 is 11.9 Å². The van der Waals surface area contributed by atoms with E-state index in [1.807, 2.05) is 19.0 Å². The fourth-order valence-electron chi connectivity index (χ4n) is 2.58. The largest absolute Gasteiger partial charge is 0.484 e. The molecule has 21 heavy (non-hydrogen) atoms. The van der Waals surface area contributed by atoms with E-state index in [2.05, 4.69) is 0 Å². The number of halogens is 1. The van der Waals surface area contributed by atoms with Gasteiger partial charge in [0.2, 0.25) is 0 Å². The topological polar surface area (TPSA) is 53.0 Å². The average molecular weight is 296 g/mol. The molecule has 0 radical (unpaired) electrons. The standard InChI is InChI=1S/C15H21FN2O3/c1-17(2)8-12-7-13(19)9-18(12)15(20)10-21-14-5-3-4-11(16)6-14/h3-6,12-13,19H,7-10H2,1-2H3. The van der Waals surface area contributed by atoms with E-state index in [1.54, 1.807) is 11.0 Å². The third kappa shape index (κ3) is 4.41. The first kappa shape index (κ1) is 15.7. The molecule has 6 heteroatoms. The van der Waals surface area contributed by atoms with Crippen LogP contribution in [0.2, 0.25) is 0 Å². The quantitative estimate of drug-likeness (QED) is 0.870. The Morgan fingerprint density at radius 1 is 1.52 bits per heavy atom. The van der Waals surface area contributed by atoms with Gasteiger partial charge in [0.1, 0.15) is 11.6 Å². The van der Waals surface area contributed by atoms with Crippen LogP contribution in [0.5, 0.6) is 5.75 Å². The Morgan fingerprint density at radius 3 is 2.95 bits per heavy atom. The number of likely N-dealkylation sites (tertiary alicyclic amines) is 1. The van der Waals surface area contributed by atoms with Gasteiger partial charge in [-0.05, 0) is 32.6 Å². The number of likely N-dealkylation sites (N-methyl/N-ethyl adjacent to an activating group) is 1. The van der Waals surface area contributed by atoms with Crippen LogP contribution in [0.15, 0.2) is 24.3 Å². The number of ether oxygens (including phenoxy) is 1. The van der Waals surface area contributed by atoms with Crippen LogP contribution in [0, 0.1) is 5.82 Å². The summed E-state index contributed by atoms with van der Waals surface area (Å²) in [6.45, 7) is 0.868. The monoisotopic (exact) mass is 296 g/mol. The SMILES string of the molecule is CN(C)CC1CC(O)CN1C(=O)COc1cccc(F)c1. The number of benzene rings is 1. The Balaban J connectivity index is 1.92. The number of β-amino-alcohol motifs (C(OH)–C–C–N with tert-alkyl or cyclic N) is 1. The van der Waals surface area contributed by atoms with Crippen molar-refractivity contribution >= 4 is 5.91 Å². The predicted octanol–water partition coefficient (Wildman–Crippen LogP) is 0.728. The van der Waals surface area contributed by atoms with Gasteiger partial charge in [-0.3, -0.25) is 4.79 Å². The van der Waals surface area contributed by atoms with E-state index in [0.717, 1.165) is 0 Å². The van der Waals surface area contributed by atoms with Crippen molar-refractivity contribution in [3.8, 4) is 5.75 Å². The van der Waals surface area contributed by atoms with Gasteiger partial charge in [-0.25, -0.2) is 4.39 Å². The highest BCUT2D eigenvalue weighted by molar-refractivity contribution is 5.78. The molecule has 0 spiro atoms. The highest BCUT2D eigenvalue weighted by atomic mass is 19.1. The molecule has 0 bridgehead atoms. The van der Waals surface area contributed by atoms with E-state index in [-0.39, 0.29) is 18.6 Å². The van der Waals surface area contributed by atoms with E-state index in [4.69, 9.17) is 4.74 Å². The number of aliphatic hydroxyl groups is 1. The molecule has 1 aromatic carbocycles. The van der Waals surface area contributed by atoms with Gasteiger partial charge in [-0.1, -0.05) is 6.07 Å². The third-order valence-corrected chi connectivity index (χ3v) is 3.45. The lowest BCUT2D eigenvalue weighted by molar-refractivity contribution is -0.134. The summed E-state index contributed by atoms with van der Waals surface area (Å²) in [6, 6.07) is 5.68. The van der Waals surface area contributed by atoms with Crippen LogP contribution in [0.1, 0.15) is 6.42 Å². The lowest BCUT2D eigenvalue weighted by atomic mass is 10.2. The first-order valence-electron chi connectivity index (χ1n) is 6.96. The first-order valence-corrected chi connectivity index (χ1v) is 6.96. The molecule has 2 unspecified atom stereocenters. The van der Waals surface area contributed by atoms with E-state index in [1.165, 1.54) is 18.2 Å². The van der Waals surface area contributed by atoms with Crippen LogP contribution >= 0.6 is 0 Å². The smallest absolute Gasteiger partial charge is 0.260 e. The number of nitrogens with zero attached hydrogens (tertiary/aromatic N) is 2. The Labute approximate surface area is 123 Å².